The smallest absolute Gasteiger partial charge is 0.269 e. The maximum absolute atomic E-state index is 10.8. The summed E-state index contributed by atoms with van der Waals surface area (Å²) >= 11 is 0. The van der Waals surface area contributed by atoms with Crippen LogP contribution in [0, 0.1) is 10.1 Å². The number of benzene rings is 1. The van der Waals surface area contributed by atoms with Gasteiger partial charge in [-0.1, -0.05) is 19.3 Å². The molecule has 1 aliphatic carbocycles. The van der Waals surface area contributed by atoms with Crippen molar-refractivity contribution >= 4 is 11.4 Å². The summed E-state index contributed by atoms with van der Waals surface area (Å²) in [6.45, 7) is 1.72. The molecule has 4 rings (SSSR count). The summed E-state index contributed by atoms with van der Waals surface area (Å²) in [5, 5.41) is 15.6. The lowest BCUT2D eigenvalue weighted by molar-refractivity contribution is -0.384. The molecular formula is C18H22N4O2. The second-order valence-electron chi connectivity index (χ2n) is 6.82. The zero-order valence-electron chi connectivity index (χ0n) is 13.7. The Hall–Kier alpha value is -2.37. The van der Waals surface area contributed by atoms with Crippen molar-refractivity contribution in [3.8, 4) is 0 Å². The molecule has 0 bridgehead atoms. The van der Waals surface area contributed by atoms with E-state index in [0.29, 0.717) is 6.04 Å². The molecule has 1 saturated carbocycles. The molecule has 1 aromatic heterocycles. The fourth-order valence-corrected chi connectivity index (χ4v) is 3.86. The van der Waals surface area contributed by atoms with E-state index in [2.05, 4.69) is 15.8 Å². The van der Waals surface area contributed by atoms with E-state index in [4.69, 9.17) is 5.10 Å². The molecule has 0 saturated heterocycles. The molecule has 2 aromatic rings. The largest absolute Gasteiger partial charge is 0.365 e. The van der Waals surface area contributed by atoms with Crippen LogP contribution >= 0.6 is 0 Å². The molecule has 0 atom stereocenters. The number of nitro groups is 1. The molecule has 0 unspecified atom stereocenters. The van der Waals surface area contributed by atoms with Gasteiger partial charge in [0.1, 0.15) is 0 Å². The maximum Gasteiger partial charge on any atom is 0.269 e. The van der Waals surface area contributed by atoms with Crippen LogP contribution in [0.1, 0.15) is 49.4 Å². The van der Waals surface area contributed by atoms with Crippen LogP contribution in [-0.4, -0.2) is 21.2 Å². The van der Waals surface area contributed by atoms with Gasteiger partial charge < -0.3 is 4.90 Å². The van der Waals surface area contributed by atoms with Gasteiger partial charge in [0, 0.05) is 30.6 Å². The molecular weight excluding hydrogens is 304 g/mol. The first kappa shape index (κ1) is 15.2. The Bertz CT molecular complexity index is 732. The second-order valence-corrected chi connectivity index (χ2v) is 6.82. The first-order valence-electron chi connectivity index (χ1n) is 8.77. The van der Waals surface area contributed by atoms with Gasteiger partial charge in [-0.2, -0.15) is 5.10 Å². The summed E-state index contributed by atoms with van der Waals surface area (Å²) in [6.07, 6.45) is 9.69. The minimum absolute atomic E-state index is 0.137. The highest BCUT2D eigenvalue weighted by Gasteiger charge is 2.23. The number of hydrogen-bond donors (Lipinski definition) is 0. The zero-order valence-corrected chi connectivity index (χ0v) is 13.7. The van der Waals surface area contributed by atoms with Gasteiger partial charge in [-0.3, -0.25) is 14.8 Å². The van der Waals surface area contributed by atoms with Crippen LogP contribution in [0.4, 0.5) is 11.4 Å². The molecule has 0 amide bonds. The third-order valence-corrected chi connectivity index (χ3v) is 5.26. The molecule has 2 aliphatic rings. The number of nitrogens with zero attached hydrogens (tertiary/aromatic N) is 4. The Balaban J connectivity index is 1.50. The number of aromatic nitrogens is 2. The van der Waals surface area contributed by atoms with Crippen molar-refractivity contribution in [1.29, 1.82) is 0 Å². The van der Waals surface area contributed by atoms with Crippen molar-refractivity contribution < 1.29 is 4.92 Å². The summed E-state index contributed by atoms with van der Waals surface area (Å²) in [5.41, 5.74) is 3.68. The van der Waals surface area contributed by atoms with Crippen molar-refractivity contribution in [2.45, 2.75) is 51.1 Å². The second kappa shape index (κ2) is 6.26. The van der Waals surface area contributed by atoms with Crippen molar-refractivity contribution in [2.24, 2.45) is 0 Å². The predicted molar refractivity (Wildman–Crippen MR) is 92.2 cm³/mol. The first-order chi connectivity index (χ1) is 11.7. The number of fused-ring (bicyclic) bond motifs is 1. The standard InChI is InChI=1S/C18H22N4O2/c23-22(24)17-8-6-15(7-9-17)20-11-10-14-12-21(19-18(14)13-20)16-4-2-1-3-5-16/h6-9,12,16H,1-5,10-11,13H2. The van der Waals surface area contributed by atoms with Crippen molar-refractivity contribution in [1.82, 2.24) is 9.78 Å². The molecule has 126 valence electrons. The van der Waals surface area contributed by atoms with Crippen molar-refractivity contribution in [3.63, 3.8) is 0 Å². The fourth-order valence-electron chi connectivity index (χ4n) is 3.86. The molecule has 1 fully saturated rings. The SMILES string of the molecule is O=[N+]([O-])c1ccc(N2CCc3cn(C4CCCCC4)nc3C2)cc1. The molecule has 6 heteroatoms. The Labute approximate surface area is 141 Å². The number of anilines is 1. The van der Waals surface area contributed by atoms with Gasteiger partial charge in [-0.15, -0.1) is 0 Å². The van der Waals surface area contributed by atoms with E-state index in [1.807, 2.05) is 12.1 Å². The van der Waals surface area contributed by atoms with E-state index in [9.17, 15) is 10.1 Å². The molecule has 2 heterocycles. The van der Waals surface area contributed by atoms with Gasteiger partial charge in [-0.05, 0) is 37.0 Å². The normalized spacial score (nSPS) is 18.4. The summed E-state index contributed by atoms with van der Waals surface area (Å²) < 4.78 is 2.20. The first-order valence-corrected chi connectivity index (χ1v) is 8.77. The van der Waals surface area contributed by atoms with E-state index < -0.39 is 0 Å². The lowest BCUT2D eigenvalue weighted by Gasteiger charge is -2.28. The van der Waals surface area contributed by atoms with Crippen LogP contribution in [0.3, 0.4) is 0 Å². The quantitative estimate of drug-likeness (QED) is 0.634. The number of rotatable bonds is 3. The van der Waals surface area contributed by atoms with Gasteiger partial charge in [-0.25, -0.2) is 0 Å². The third kappa shape index (κ3) is 2.88. The lowest BCUT2D eigenvalue weighted by Crippen LogP contribution is -2.30. The van der Waals surface area contributed by atoms with Crippen LogP contribution in [0.25, 0.3) is 0 Å². The Morgan fingerprint density at radius 1 is 1.12 bits per heavy atom. The molecule has 0 spiro atoms. The molecule has 0 radical (unpaired) electrons. The highest BCUT2D eigenvalue weighted by Crippen LogP contribution is 2.30. The van der Waals surface area contributed by atoms with Crippen LogP contribution in [0.15, 0.2) is 30.5 Å². The highest BCUT2D eigenvalue weighted by molar-refractivity contribution is 5.52. The van der Waals surface area contributed by atoms with Crippen LogP contribution in [0.2, 0.25) is 0 Å². The summed E-state index contributed by atoms with van der Waals surface area (Å²) in [6, 6.07) is 7.39. The maximum atomic E-state index is 10.8. The number of non-ortho nitro benzene ring substituents is 1. The zero-order chi connectivity index (χ0) is 16.5. The molecule has 6 nitrogen and oxygen atoms in total. The van der Waals surface area contributed by atoms with Gasteiger partial charge in [0.2, 0.25) is 0 Å². The van der Waals surface area contributed by atoms with E-state index in [-0.39, 0.29) is 10.6 Å². The van der Waals surface area contributed by atoms with E-state index in [0.717, 1.165) is 30.9 Å². The van der Waals surface area contributed by atoms with E-state index in [1.165, 1.54) is 37.7 Å². The van der Waals surface area contributed by atoms with E-state index >= 15 is 0 Å². The summed E-state index contributed by atoms with van der Waals surface area (Å²) in [5.74, 6) is 0. The third-order valence-electron chi connectivity index (χ3n) is 5.26. The van der Waals surface area contributed by atoms with Crippen LogP contribution in [-0.2, 0) is 13.0 Å². The minimum atomic E-state index is -0.357. The summed E-state index contributed by atoms with van der Waals surface area (Å²) in [7, 11) is 0. The Morgan fingerprint density at radius 3 is 2.58 bits per heavy atom. The van der Waals surface area contributed by atoms with Gasteiger partial charge in [0.25, 0.3) is 5.69 Å². The van der Waals surface area contributed by atoms with Gasteiger partial charge >= 0.3 is 0 Å². The molecule has 1 aromatic carbocycles. The minimum Gasteiger partial charge on any atom is -0.365 e. The van der Waals surface area contributed by atoms with Crippen LogP contribution in [0.5, 0.6) is 0 Å². The Morgan fingerprint density at radius 2 is 1.88 bits per heavy atom. The fraction of sp³-hybridized carbons (Fsp3) is 0.500. The highest BCUT2D eigenvalue weighted by atomic mass is 16.6. The molecule has 0 N–H and O–H groups in total. The van der Waals surface area contributed by atoms with Gasteiger partial charge in [0.05, 0.1) is 23.2 Å². The monoisotopic (exact) mass is 326 g/mol. The Kier molecular flexibility index (Phi) is 3.96. The lowest BCUT2D eigenvalue weighted by atomic mass is 9.96. The summed E-state index contributed by atoms with van der Waals surface area (Å²) in [4.78, 5) is 12.7. The number of nitro benzene ring substituents is 1. The van der Waals surface area contributed by atoms with Crippen molar-refractivity contribution in [2.75, 3.05) is 11.4 Å². The van der Waals surface area contributed by atoms with Gasteiger partial charge in [0.15, 0.2) is 0 Å². The van der Waals surface area contributed by atoms with Crippen LogP contribution < -0.4 is 4.90 Å². The average Bonchev–Trinajstić information content (AvgIpc) is 3.06. The van der Waals surface area contributed by atoms with Crippen molar-refractivity contribution in [3.05, 3.63) is 51.8 Å². The predicted octanol–water partition coefficient (Wildman–Crippen LogP) is 3.86. The topological polar surface area (TPSA) is 64.2 Å². The number of hydrogen-bond acceptors (Lipinski definition) is 4. The molecule has 1 aliphatic heterocycles. The molecule has 24 heavy (non-hydrogen) atoms. The van der Waals surface area contributed by atoms with E-state index in [1.54, 1.807) is 12.1 Å². The average molecular weight is 326 g/mol.